The van der Waals surface area contributed by atoms with Gasteiger partial charge < -0.3 is 42.9 Å². The van der Waals surface area contributed by atoms with Crippen molar-refractivity contribution >= 4 is 42.3 Å². The van der Waals surface area contributed by atoms with Crippen molar-refractivity contribution in [1.82, 2.24) is 15.5 Å². The second-order valence-corrected chi connectivity index (χ2v) is 9.12. The third-order valence-electron chi connectivity index (χ3n) is 5.93. The maximum Gasteiger partial charge on any atom is 0.326 e. The second-order valence-electron chi connectivity index (χ2n) is 8.76. The van der Waals surface area contributed by atoms with E-state index in [9.17, 15) is 29.4 Å². The summed E-state index contributed by atoms with van der Waals surface area (Å²) in [5, 5.41) is 24.0. The van der Waals surface area contributed by atoms with Gasteiger partial charge in [-0.05, 0) is 49.8 Å². The fourth-order valence-corrected chi connectivity index (χ4v) is 4.23. The summed E-state index contributed by atoms with van der Waals surface area (Å²) in [5.74, 6) is -3.00. The van der Waals surface area contributed by atoms with Gasteiger partial charge >= 0.3 is 5.97 Å². The average molecular weight is 538 g/mol. The summed E-state index contributed by atoms with van der Waals surface area (Å²) >= 11 is 4.16. The fourth-order valence-electron chi connectivity index (χ4n) is 3.97. The van der Waals surface area contributed by atoms with Crippen molar-refractivity contribution in [3.8, 4) is 5.75 Å². The summed E-state index contributed by atoms with van der Waals surface area (Å²) in [6.45, 7) is 0.470. The number of carbonyl (C=O) groups is 4. The number of likely N-dealkylation sites (tertiary alicyclic amines) is 1. The van der Waals surface area contributed by atoms with Gasteiger partial charge in [0.1, 0.15) is 23.9 Å². The Labute approximate surface area is 220 Å². The maximum absolute atomic E-state index is 13.2. The molecule has 10 N–H and O–H groups in total. The molecule has 0 aliphatic carbocycles. The minimum atomic E-state index is -1.11. The van der Waals surface area contributed by atoms with Crippen LogP contribution in [0, 0.1) is 0 Å². The predicted octanol–water partition coefficient (Wildman–Crippen LogP) is -1.71. The van der Waals surface area contributed by atoms with E-state index in [0.29, 0.717) is 19.3 Å². The van der Waals surface area contributed by atoms with Crippen molar-refractivity contribution in [2.75, 3.05) is 18.8 Å². The number of nitrogens with zero attached hydrogens (tertiary/aromatic N) is 2. The highest BCUT2D eigenvalue weighted by atomic mass is 32.1. The largest absolute Gasteiger partial charge is 0.508 e. The van der Waals surface area contributed by atoms with Gasteiger partial charge in [0.05, 0.1) is 6.04 Å². The molecule has 1 aromatic carbocycles. The number of aromatic hydroxyl groups is 1. The number of carboxylic acids is 1. The van der Waals surface area contributed by atoms with E-state index < -0.39 is 47.9 Å². The molecule has 0 aromatic heterocycles. The van der Waals surface area contributed by atoms with Crippen LogP contribution in [0.2, 0.25) is 0 Å². The highest BCUT2D eigenvalue weighted by Gasteiger charge is 2.38. The highest BCUT2D eigenvalue weighted by Crippen LogP contribution is 2.20. The number of rotatable bonds is 13. The third-order valence-corrected chi connectivity index (χ3v) is 6.29. The molecule has 1 aliphatic heterocycles. The number of phenols is 1. The molecule has 13 nitrogen and oxygen atoms in total. The molecule has 14 heteroatoms. The summed E-state index contributed by atoms with van der Waals surface area (Å²) in [7, 11) is 0. The molecule has 1 heterocycles. The van der Waals surface area contributed by atoms with E-state index in [1.54, 1.807) is 12.1 Å². The number of phenolic OH excluding ortho intramolecular Hbond substituents is 1. The Hall–Kier alpha value is -3.52. The summed E-state index contributed by atoms with van der Waals surface area (Å²) in [5.41, 5.74) is 17.4. The Bertz CT molecular complexity index is 986. The van der Waals surface area contributed by atoms with Crippen LogP contribution in [0.25, 0.3) is 0 Å². The fraction of sp³-hybridized carbons (Fsp3) is 0.522. The summed E-state index contributed by atoms with van der Waals surface area (Å²) < 4.78 is 0. The predicted molar refractivity (Wildman–Crippen MR) is 140 cm³/mol. The van der Waals surface area contributed by atoms with Gasteiger partial charge in [0, 0.05) is 18.8 Å². The lowest BCUT2D eigenvalue weighted by Gasteiger charge is -2.28. The molecule has 1 fully saturated rings. The zero-order chi connectivity index (χ0) is 27.5. The van der Waals surface area contributed by atoms with Crippen LogP contribution in [0.3, 0.4) is 0 Å². The van der Waals surface area contributed by atoms with E-state index in [-0.39, 0.29) is 43.4 Å². The van der Waals surface area contributed by atoms with Crippen molar-refractivity contribution in [3.63, 3.8) is 0 Å². The number of carbonyl (C=O) groups excluding carboxylic acids is 3. The first kappa shape index (κ1) is 29.7. The molecule has 204 valence electrons. The van der Waals surface area contributed by atoms with Crippen LogP contribution in [-0.2, 0) is 25.6 Å². The topological polar surface area (TPSA) is 226 Å². The van der Waals surface area contributed by atoms with Crippen LogP contribution in [-0.4, -0.2) is 87.8 Å². The van der Waals surface area contributed by atoms with Gasteiger partial charge in [-0.2, -0.15) is 12.6 Å². The van der Waals surface area contributed by atoms with E-state index in [1.807, 2.05) is 0 Å². The smallest absolute Gasteiger partial charge is 0.326 e. The van der Waals surface area contributed by atoms with Crippen LogP contribution >= 0.6 is 12.6 Å². The molecule has 3 amide bonds. The molecule has 0 spiro atoms. The number of aliphatic imine (C=N–C) groups is 1. The molecular weight excluding hydrogens is 502 g/mol. The van der Waals surface area contributed by atoms with Crippen molar-refractivity contribution < 1.29 is 29.4 Å². The number of thiol groups is 1. The van der Waals surface area contributed by atoms with Crippen LogP contribution in [0.5, 0.6) is 5.75 Å². The Morgan fingerprint density at radius 2 is 1.76 bits per heavy atom. The molecule has 1 aromatic rings. The van der Waals surface area contributed by atoms with Crippen molar-refractivity contribution in [2.45, 2.75) is 56.3 Å². The lowest BCUT2D eigenvalue weighted by Crippen LogP contribution is -2.57. The molecule has 37 heavy (non-hydrogen) atoms. The first-order valence-corrected chi connectivity index (χ1v) is 12.5. The number of amides is 3. The normalized spacial score (nSPS) is 17.4. The van der Waals surface area contributed by atoms with E-state index in [1.165, 1.54) is 17.0 Å². The number of nitrogens with two attached hydrogens (primary N) is 3. The number of hydrogen-bond donors (Lipinski definition) is 8. The van der Waals surface area contributed by atoms with Gasteiger partial charge in [-0.15, -0.1) is 0 Å². The van der Waals surface area contributed by atoms with Gasteiger partial charge in [0.25, 0.3) is 0 Å². The van der Waals surface area contributed by atoms with E-state index in [4.69, 9.17) is 17.2 Å². The number of benzene rings is 1. The minimum Gasteiger partial charge on any atom is -0.508 e. The Kier molecular flexibility index (Phi) is 11.5. The number of guanidine groups is 1. The van der Waals surface area contributed by atoms with Gasteiger partial charge in [-0.25, -0.2) is 4.79 Å². The Morgan fingerprint density at radius 3 is 2.35 bits per heavy atom. The molecule has 0 radical (unpaired) electrons. The van der Waals surface area contributed by atoms with Crippen LogP contribution in [0.4, 0.5) is 0 Å². The molecule has 0 saturated carbocycles. The molecular formula is C23H35N7O6S. The van der Waals surface area contributed by atoms with Crippen molar-refractivity contribution in [1.29, 1.82) is 0 Å². The quantitative estimate of drug-likeness (QED) is 0.0619. The molecule has 2 rings (SSSR count). The monoisotopic (exact) mass is 537 g/mol. The third kappa shape index (κ3) is 9.13. The molecule has 0 bridgehead atoms. The van der Waals surface area contributed by atoms with E-state index in [2.05, 4.69) is 28.3 Å². The van der Waals surface area contributed by atoms with Gasteiger partial charge in [0.2, 0.25) is 17.7 Å². The van der Waals surface area contributed by atoms with E-state index >= 15 is 0 Å². The summed E-state index contributed by atoms with van der Waals surface area (Å²) in [6.07, 6.45) is 1.52. The maximum atomic E-state index is 13.2. The lowest BCUT2D eigenvalue weighted by atomic mass is 10.1. The standard InChI is InChI=1S/C23H35N7O6S/c24-15(11-13-5-7-14(31)8-6-13)19(32)29-17(12-37)20(33)28-16(3-1-9-27-23(25)26)21(34)30-10-2-4-18(30)22(35)36/h5-8,15-18,31,37H,1-4,9-12,24H2,(H,28,33)(H,29,32)(H,35,36)(H4,25,26,27). The summed E-state index contributed by atoms with van der Waals surface area (Å²) in [4.78, 5) is 55.5. The zero-order valence-electron chi connectivity index (χ0n) is 20.4. The summed E-state index contributed by atoms with van der Waals surface area (Å²) in [6, 6.07) is 2.13. The average Bonchev–Trinajstić information content (AvgIpc) is 3.35. The number of hydrogen-bond acceptors (Lipinski definition) is 8. The SMILES string of the molecule is NC(N)=NCCCC(NC(=O)C(CS)NC(=O)C(N)Cc1ccc(O)cc1)C(=O)N1CCCC1C(=O)O. The lowest BCUT2D eigenvalue weighted by molar-refractivity contribution is -0.149. The van der Waals surface area contributed by atoms with Crippen molar-refractivity contribution in [2.24, 2.45) is 22.2 Å². The number of nitrogens with one attached hydrogen (secondary N) is 2. The van der Waals surface area contributed by atoms with Crippen LogP contribution < -0.4 is 27.8 Å². The van der Waals surface area contributed by atoms with E-state index in [0.717, 1.165) is 5.56 Å². The van der Waals surface area contributed by atoms with Gasteiger partial charge in [-0.1, -0.05) is 12.1 Å². The molecule has 1 saturated heterocycles. The molecule has 4 atom stereocenters. The number of carboxylic acid groups (broad SMARTS) is 1. The Balaban J connectivity index is 2.06. The number of aliphatic carboxylic acids is 1. The first-order valence-electron chi connectivity index (χ1n) is 11.9. The van der Waals surface area contributed by atoms with Crippen LogP contribution in [0.15, 0.2) is 29.3 Å². The van der Waals surface area contributed by atoms with Gasteiger partial charge in [0.15, 0.2) is 5.96 Å². The first-order chi connectivity index (χ1) is 17.5. The van der Waals surface area contributed by atoms with Gasteiger partial charge in [-0.3, -0.25) is 19.4 Å². The highest BCUT2D eigenvalue weighted by molar-refractivity contribution is 7.80. The Morgan fingerprint density at radius 1 is 1.11 bits per heavy atom. The van der Waals surface area contributed by atoms with Crippen molar-refractivity contribution in [3.05, 3.63) is 29.8 Å². The second kappa shape index (κ2) is 14.3. The minimum absolute atomic E-state index is 0.0696. The molecule has 4 unspecified atom stereocenters. The molecule has 1 aliphatic rings. The van der Waals surface area contributed by atoms with Crippen LogP contribution in [0.1, 0.15) is 31.2 Å². The zero-order valence-corrected chi connectivity index (χ0v) is 21.3.